The van der Waals surface area contributed by atoms with Gasteiger partial charge in [-0.1, -0.05) is 41.4 Å². The number of carbonyl (C=O) groups excluding carboxylic acids is 1. The van der Waals surface area contributed by atoms with Crippen molar-refractivity contribution in [2.24, 2.45) is 5.92 Å². The lowest BCUT2D eigenvalue weighted by Crippen LogP contribution is -2.43. The summed E-state index contributed by atoms with van der Waals surface area (Å²) >= 11 is 12.0. The maximum Gasteiger partial charge on any atom is 0.223 e. The molecule has 1 fully saturated rings. The van der Waals surface area contributed by atoms with Crippen molar-refractivity contribution in [1.82, 2.24) is 9.62 Å². The van der Waals surface area contributed by atoms with Gasteiger partial charge in [-0.05, 0) is 55.2 Å². The molecule has 168 valence electrons. The summed E-state index contributed by atoms with van der Waals surface area (Å²) in [4.78, 5) is 12.5. The van der Waals surface area contributed by atoms with Gasteiger partial charge in [0, 0.05) is 35.6 Å². The fourth-order valence-corrected chi connectivity index (χ4v) is 5.68. The summed E-state index contributed by atoms with van der Waals surface area (Å²) in [6.07, 6.45) is 0.978. The normalized spacial score (nSPS) is 15.6. The van der Waals surface area contributed by atoms with E-state index in [0.717, 1.165) is 11.3 Å². The highest BCUT2D eigenvalue weighted by Crippen LogP contribution is 2.26. The number of carbonyl (C=O) groups is 1. The first-order valence-corrected chi connectivity index (χ1v) is 12.6. The van der Waals surface area contributed by atoms with Crippen LogP contribution in [0.5, 0.6) is 5.75 Å². The lowest BCUT2D eigenvalue weighted by molar-refractivity contribution is -0.126. The monoisotopic (exact) mass is 484 g/mol. The van der Waals surface area contributed by atoms with E-state index in [2.05, 4.69) is 5.32 Å². The Kier molecular flexibility index (Phi) is 8.22. The minimum atomic E-state index is -3.52. The number of piperidine rings is 1. The van der Waals surface area contributed by atoms with Crippen LogP contribution in [-0.4, -0.2) is 38.3 Å². The molecular weight excluding hydrogens is 459 g/mol. The summed E-state index contributed by atoms with van der Waals surface area (Å²) in [5.74, 6) is 0.364. The van der Waals surface area contributed by atoms with Gasteiger partial charge in [-0.15, -0.1) is 0 Å². The Hall–Kier alpha value is -1.80. The third-order valence-corrected chi connectivity index (χ3v) is 7.69. The van der Waals surface area contributed by atoms with Gasteiger partial charge in [0.1, 0.15) is 5.75 Å². The second-order valence-electron chi connectivity index (χ2n) is 7.46. The van der Waals surface area contributed by atoms with Crippen molar-refractivity contribution in [3.05, 3.63) is 63.6 Å². The zero-order valence-electron chi connectivity index (χ0n) is 17.3. The Morgan fingerprint density at radius 1 is 1.13 bits per heavy atom. The van der Waals surface area contributed by atoms with Gasteiger partial charge in [0.05, 0.1) is 12.4 Å². The minimum Gasteiger partial charge on any atom is -0.494 e. The Labute approximate surface area is 193 Å². The van der Waals surface area contributed by atoms with Crippen molar-refractivity contribution in [1.29, 1.82) is 0 Å². The number of rotatable bonds is 8. The van der Waals surface area contributed by atoms with Crippen LogP contribution in [0.4, 0.5) is 0 Å². The third kappa shape index (κ3) is 6.59. The van der Waals surface area contributed by atoms with Gasteiger partial charge in [-0.25, -0.2) is 12.7 Å². The highest BCUT2D eigenvalue weighted by atomic mass is 35.5. The maximum absolute atomic E-state index is 12.8. The van der Waals surface area contributed by atoms with E-state index in [1.165, 1.54) is 10.4 Å². The van der Waals surface area contributed by atoms with Crippen LogP contribution in [0.15, 0.2) is 42.5 Å². The number of hydrogen-bond acceptors (Lipinski definition) is 4. The molecule has 0 radical (unpaired) electrons. The molecule has 6 nitrogen and oxygen atoms in total. The summed E-state index contributed by atoms with van der Waals surface area (Å²) in [5, 5.41) is 3.74. The topological polar surface area (TPSA) is 75.7 Å². The van der Waals surface area contributed by atoms with E-state index in [-0.39, 0.29) is 17.6 Å². The molecule has 0 aliphatic carbocycles. The van der Waals surface area contributed by atoms with Crippen LogP contribution in [0, 0.1) is 5.92 Å². The van der Waals surface area contributed by atoms with Gasteiger partial charge in [0.15, 0.2) is 0 Å². The minimum absolute atomic E-state index is 0.0494. The Bertz CT molecular complexity index is 1000. The second kappa shape index (κ2) is 10.7. The highest BCUT2D eigenvalue weighted by Gasteiger charge is 2.31. The molecule has 1 heterocycles. The zero-order chi connectivity index (χ0) is 22.4. The van der Waals surface area contributed by atoms with Crippen molar-refractivity contribution in [3.8, 4) is 5.75 Å². The molecule has 1 aliphatic rings. The first kappa shape index (κ1) is 23.9. The number of benzene rings is 2. The summed E-state index contributed by atoms with van der Waals surface area (Å²) in [5.41, 5.74) is 1.50. The van der Waals surface area contributed by atoms with E-state index < -0.39 is 10.0 Å². The van der Waals surface area contributed by atoms with Crippen molar-refractivity contribution in [2.45, 2.75) is 32.1 Å². The molecule has 9 heteroatoms. The molecule has 0 bridgehead atoms. The van der Waals surface area contributed by atoms with E-state index in [1.54, 1.807) is 12.1 Å². The van der Waals surface area contributed by atoms with Crippen molar-refractivity contribution in [3.63, 3.8) is 0 Å². The zero-order valence-corrected chi connectivity index (χ0v) is 19.6. The van der Waals surface area contributed by atoms with Gasteiger partial charge in [0.2, 0.25) is 15.9 Å². The summed E-state index contributed by atoms with van der Waals surface area (Å²) < 4.78 is 32.4. The number of halogens is 2. The third-order valence-electron chi connectivity index (χ3n) is 5.27. The average molecular weight is 485 g/mol. The fourth-order valence-electron chi connectivity index (χ4n) is 3.53. The lowest BCUT2D eigenvalue weighted by atomic mass is 9.97. The number of ether oxygens (including phenoxy) is 1. The molecule has 0 spiro atoms. The average Bonchev–Trinajstić information content (AvgIpc) is 2.75. The quantitative estimate of drug-likeness (QED) is 0.607. The molecule has 0 atom stereocenters. The summed E-state index contributed by atoms with van der Waals surface area (Å²) in [6.45, 7) is 3.59. The van der Waals surface area contributed by atoms with Gasteiger partial charge in [0.25, 0.3) is 0 Å². The molecule has 1 aliphatic heterocycles. The predicted octanol–water partition coefficient (Wildman–Crippen LogP) is 4.25. The Balaban J connectivity index is 1.49. The summed E-state index contributed by atoms with van der Waals surface area (Å²) in [6, 6.07) is 12.4. The van der Waals surface area contributed by atoms with Crippen LogP contribution in [0.25, 0.3) is 0 Å². The molecule has 1 N–H and O–H groups in total. The molecule has 2 aromatic carbocycles. The van der Waals surface area contributed by atoms with Gasteiger partial charge >= 0.3 is 0 Å². The number of nitrogens with zero attached hydrogens (tertiary/aromatic N) is 1. The number of sulfonamides is 1. The SMILES string of the molecule is CCOc1ccc(CNC(=O)C2CCN(S(=O)(=O)Cc3ccc(Cl)cc3Cl)CC2)cc1. The highest BCUT2D eigenvalue weighted by molar-refractivity contribution is 7.88. The van der Waals surface area contributed by atoms with Crippen LogP contribution >= 0.6 is 23.2 Å². The van der Waals surface area contributed by atoms with Crippen LogP contribution in [0.2, 0.25) is 10.0 Å². The van der Waals surface area contributed by atoms with Gasteiger partial charge in [-0.3, -0.25) is 4.79 Å². The fraction of sp³-hybridized carbons (Fsp3) is 0.409. The molecule has 3 rings (SSSR count). The van der Waals surface area contributed by atoms with Gasteiger partial charge in [-0.2, -0.15) is 0 Å². The Morgan fingerprint density at radius 3 is 2.42 bits per heavy atom. The Morgan fingerprint density at radius 2 is 1.81 bits per heavy atom. The van der Waals surface area contributed by atoms with Gasteiger partial charge < -0.3 is 10.1 Å². The molecule has 0 unspecified atom stereocenters. The number of amides is 1. The molecule has 1 saturated heterocycles. The van der Waals surface area contributed by atoms with Crippen LogP contribution in [0.3, 0.4) is 0 Å². The second-order valence-corrected chi connectivity index (χ2v) is 10.3. The van der Waals surface area contributed by atoms with Crippen molar-refractivity contribution < 1.29 is 17.9 Å². The first-order chi connectivity index (χ1) is 14.8. The lowest BCUT2D eigenvalue weighted by Gasteiger charge is -2.30. The molecular formula is C22H26Cl2N2O4S. The van der Waals surface area contributed by atoms with E-state index >= 15 is 0 Å². The first-order valence-electron chi connectivity index (χ1n) is 10.2. The predicted molar refractivity (Wildman–Crippen MR) is 123 cm³/mol. The molecule has 0 aromatic heterocycles. The van der Waals surface area contributed by atoms with E-state index in [9.17, 15) is 13.2 Å². The summed E-state index contributed by atoms with van der Waals surface area (Å²) in [7, 11) is -3.52. The smallest absolute Gasteiger partial charge is 0.223 e. The maximum atomic E-state index is 12.8. The van der Waals surface area contributed by atoms with E-state index in [0.29, 0.717) is 54.7 Å². The molecule has 0 saturated carbocycles. The van der Waals surface area contributed by atoms with Crippen molar-refractivity contribution >= 4 is 39.1 Å². The van der Waals surface area contributed by atoms with Crippen molar-refractivity contribution in [2.75, 3.05) is 19.7 Å². The largest absolute Gasteiger partial charge is 0.494 e. The van der Waals surface area contributed by atoms with E-state index in [1.807, 2.05) is 31.2 Å². The molecule has 1 amide bonds. The van der Waals surface area contributed by atoms with E-state index in [4.69, 9.17) is 27.9 Å². The standard InChI is InChI=1S/C22H26Cl2N2O4S/c1-2-30-20-7-3-16(4-8-20)14-25-22(27)17-9-11-26(12-10-17)31(28,29)15-18-5-6-19(23)13-21(18)24/h3-8,13,17H,2,9-12,14-15H2,1H3,(H,25,27). The van der Waals surface area contributed by atoms with Crippen LogP contribution in [0.1, 0.15) is 30.9 Å². The number of nitrogens with one attached hydrogen (secondary N) is 1. The number of hydrogen-bond donors (Lipinski definition) is 1. The molecule has 2 aromatic rings. The van der Waals surface area contributed by atoms with Crippen LogP contribution in [-0.2, 0) is 27.1 Å². The van der Waals surface area contributed by atoms with Crippen LogP contribution < -0.4 is 10.1 Å². The molecule has 31 heavy (non-hydrogen) atoms.